The third-order valence-electron chi connectivity index (χ3n) is 5.16. The van der Waals surface area contributed by atoms with Crippen molar-refractivity contribution < 1.29 is 9.59 Å². The summed E-state index contributed by atoms with van der Waals surface area (Å²) < 4.78 is 3.15. The molecule has 0 bridgehead atoms. The van der Waals surface area contributed by atoms with Crippen molar-refractivity contribution in [1.82, 2.24) is 24.9 Å². The second kappa shape index (κ2) is 9.65. The molecule has 1 aliphatic heterocycles. The lowest BCUT2D eigenvalue weighted by Crippen LogP contribution is -2.49. The van der Waals surface area contributed by atoms with Gasteiger partial charge >= 0.3 is 0 Å². The summed E-state index contributed by atoms with van der Waals surface area (Å²) in [6.07, 6.45) is 6.73. The van der Waals surface area contributed by atoms with E-state index in [1.165, 1.54) is 48.9 Å². The maximum Gasteiger partial charge on any atom is 0.248 e. The van der Waals surface area contributed by atoms with Crippen molar-refractivity contribution in [3.8, 4) is 11.9 Å². The first-order valence-corrected chi connectivity index (χ1v) is 10.4. The molecule has 2 aromatic rings. The van der Waals surface area contributed by atoms with Crippen LogP contribution in [0.3, 0.4) is 0 Å². The van der Waals surface area contributed by atoms with Crippen LogP contribution in [0.15, 0.2) is 23.5 Å². The zero-order valence-corrected chi connectivity index (χ0v) is 18.8. The number of rotatable bonds is 5. The molecule has 32 heavy (non-hydrogen) atoms. The lowest BCUT2D eigenvalue weighted by atomic mass is 10.1. The summed E-state index contributed by atoms with van der Waals surface area (Å²) >= 11 is 6.61. The average Bonchev–Trinajstić information content (AvgIpc) is 3.34. The highest BCUT2D eigenvalue weighted by Gasteiger charge is 2.33. The molecule has 0 saturated carbocycles. The third kappa shape index (κ3) is 4.22. The largest absolute Gasteiger partial charge is 0.404 e. The molecule has 0 fully saturated rings. The number of aliphatic imine (C=N–C) groups is 1. The summed E-state index contributed by atoms with van der Waals surface area (Å²) in [6, 6.07) is 1.02. The van der Waals surface area contributed by atoms with E-state index >= 15 is 0 Å². The van der Waals surface area contributed by atoms with Crippen molar-refractivity contribution in [2.45, 2.75) is 45.7 Å². The summed E-state index contributed by atoms with van der Waals surface area (Å²) in [5.74, 6) is -0.335. The average molecular weight is 458 g/mol. The van der Waals surface area contributed by atoms with Gasteiger partial charge in [0.1, 0.15) is 28.5 Å². The summed E-state index contributed by atoms with van der Waals surface area (Å²) in [7, 11) is 1.49. The predicted molar refractivity (Wildman–Crippen MR) is 119 cm³/mol. The van der Waals surface area contributed by atoms with Gasteiger partial charge in [-0.1, -0.05) is 11.6 Å². The molecule has 2 amide bonds. The van der Waals surface area contributed by atoms with Gasteiger partial charge in [0.25, 0.3) is 0 Å². The molecular weight excluding hydrogens is 434 g/mol. The number of amidine groups is 1. The fourth-order valence-electron chi connectivity index (χ4n) is 3.60. The number of hydrogen-bond donors (Lipinski definition) is 2. The number of aromatic nitrogens is 4. The molecule has 1 atom stereocenters. The van der Waals surface area contributed by atoms with E-state index < -0.39 is 17.9 Å². The Balaban J connectivity index is 2.08. The van der Waals surface area contributed by atoms with Gasteiger partial charge in [-0.05, 0) is 38.5 Å². The van der Waals surface area contributed by atoms with Crippen molar-refractivity contribution in [1.29, 1.82) is 5.26 Å². The monoisotopic (exact) mass is 457 g/mol. The van der Waals surface area contributed by atoms with Crippen molar-refractivity contribution in [3.05, 3.63) is 34.8 Å². The van der Waals surface area contributed by atoms with Crippen molar-refractivity contribution in [2.75, 3.05) is 11.9 Å². The number of carbonyl (C=O) groups is 2. The second-order valence-corrected chi connectivity index (χ2v) is 7.57. The van der Waals surface area contributed by atoms with Crippen molar-refractivity contribution in [3.63, 3.8) is 0 Å². The quantitative estimate of drug-likeness (QED) is 0.510. The number of aryl methyl sites for hydroxylation is 1. The Morgan fingerprint density at radius 2 is 2.22 bits per heavy atom. The fraction of sp³-hybridized carbons (Fsp3) is 0.400. The zero-order chi connectivity index (χ0) is 23.4. The summed E-state index contributed by atoms with van der Waals surface area (Å²) in [4.78, 5) is 30.7. The number of amides is 2. The van der Waals surface area contributed by atoms with Gasteiger partial charge in [-0.25, -0.2) is 0 Å². The first kappa shape index (κ1) is 23.0. The minimum Gasteiger partial charge on any atom is -0.404 e. The predicted octanol–water partition coefficient (Wildman–Crippen LogP) is 1.29. The number of nitriles is 1. The number of anilines is 1. The zero-order valence-electron chi connectivity index (χ0n) is 18.0. The normalized spacial score (nSPS) is 14.7. The van der Waals surface area contributed by atoms with Gasteiger partial charge in [-0.15, -0.1) is 0 Å². The van der Waals surface area contributed by atoms with Crippen molar-refractivity contribution in [2.24, 2.45) is 10.7 Å². The van der Waals surface area contributed by atoms with Crippen LogP contribution in [0.25, 0.3) is 5.82 Å². The lowest BCUT2D eigenvalue weighted by Gasteiger charge is -2.27. The molecule has 1 unspecified atom stereocenters. The first-order valence-electron chi connectivity index (χ1n) is 10.0. The van der Waals surface area contributed by atoms with Crippen LogP contribution in [-0.4, -0.2) is 50.3 Å². The molecule has 3 rings (SSSR count). The molecule has 12 heteroatoms. The number of halogens is 1. The van der Waals surface area contributed by atoms with Crippen LogP contribution in [0.4, 0.5) is 5.82 Å². The van der Waals surface area contributed by atoms with E-state index in [9.17, 15) is 14.9 Å². The number of carbonyl (C=O) groups excluding carboxylic acids is 2. The fourth-order valence-corrected chi connectivity index (χ4v) is 3.91. The Morgan fingerprint density at radius 3 is 2.81 bits per heavy atom. The molecule has 0 radical (unpaired) electrons. The number of fused-ring (bicyclic) bond motifs is 1. The maximum absolute atomic E-state index is 12.9. The SMILES string of the molecule is CN=C(C=CN)NC(=O)C(C)N(C(C)=O)c1c(C#N)cnn1-c1nn2c(c1Cl)CCCC2. The van der Waals surface area contributed by atoms with Gasteiger partial charge in [-0.2, -0.15) is 20.1 Å². The molecule has 0 aliphatic carbocycles. The standard InChI is InChI=1S/C20H24ClN9O2/c1-12(19(32)26-16(24-3)7-8-22)29(13(2)31)20-14(10-23)11-25-30(20)18-17(21)15-6-4-5-9-28(15)27-18/h7-8,11-12H,4-6,9,22H2,1-3H3,(H,24,26,32). The van der Waals surface area contributed by atoms with Crippen LogP contribution in [0, 0.1) is 11.3 Å². The van der Waals surface area contributed by atoms with E-state index in [1.807, 2.05) is 10.8 Å². The van der Waals surface area contributed by atoms with Crippen LogP contribution >= 0.6 is 11.6 Å². The van der Waals surface area contributed by atoms with Crippen LogP contribution in [0.1, 0.15) is 37.9 Å². The number of nitrogens with two attached hydrogens (primary N) is 1. The van der Waals surface area contributed by atoms with Crippen LogP contribution < -0.4 is 16.0 Å². The molecule has 3 N–H and O–H groups in total. The van der Waals surface area contributed by atoms with E-state index in [0.29, 0.717) is 10.8 Å². The van der Waals surface area contributed by atoms with Crippen molar-refractivity contribution >= 4 is 35.1 Å². The molecule has 11 nitrogen and oxygen atoms in total. The molecule has 3 heterocycles. The van der Waals surface area contributed by atoms with Gasteiger partial charge in [0.2, 0.25) is 11.8 Å². The molecule has 0 saturated heterocycles. The highest BCUT2D eigenvalue weighted by atomic mass is 35.5. The summed E-state index contributed by atoms with van der Waals surface area (Å²) in [5, 5.41) is 21.5. The minimum atomic E-state index is -1.01. The molecule has 0 spiro atoms. The minimum absolute atomic E-state index is 0.105. The van der Waals surface area contributed by atoms with Gasteiger partial charge in [0.05, 0.1) is 11.9 Å². The van der Waals surface area contributed by atoms with Gasteiger partial charge < -0.3 is 11.1 Å². The second-order valence-electron chi connectivity index (χ2n) is 7.19. The van der Waals surface area contributed by atoms with E-state index in [-0.39, 0.29) is 17.2 Å². The van der Waals surface area contributed by atoms with E-state index in [4.69, 9.17) is 17.3 Å². The number of nitrogens with one attached hydrogen (secondary N) is 1. The number of nitrogens with zero attached hydrogens (tertiary/aromatic N) is 7. The molecule has 2 aromatic heterocycles. The van der Waals surface area contributed by atoms with Gasteiger partial charge in [-0.3, -0.25) is 24.2 Å². The Labute approximate surface area is 190 Å². The van der Waals surface area contributed by atoms with Crippen LogP contribution in [0.2, 0.25) is 5.02 Å². The van der Waals surface area contributed by atoms with Gasteiger partial charge in [0.15, 0.2) is 11.6 Å². The van der Waals surface area contributed by atoms with E-state index in [2.05, 4.69) is 20.5 Å². The highest BCUT2D eigenvalue weighted by Crippen LogP contribution is 2.33. The van der Waals surface area contributed by atoms with Crippen LogP contribution in [-0.2, 0) is 22.6 Å². The molecule has 0 aromatic carbocycles. The first-order chi connectivity index (χ1) is 15.3. The third-order valence-corrected chi connectivity index (χ3v) is 5.54. The Morgan fingerprint density at radius 1 is 1.47 bits per heavy atom. The lowest BCUT2D eigenvalue weighted by molar-refractivity contribution is -0.124. The molecule has 1 aliphatic rings. The highest BCUT2D eigenvalue weighted by molar-refractivity contribution is 6.33. The maximum atomic E-state index is 12.9. The van der Waals surface area contributed by atoms with E-state index in [1.54, 1.807) is 0 Å². The summed E-state index contributed by atoms with van der Waals surface area (Å²) in [5.41, 5.74) is 6.36. The molecule has 168 valence electrons. The summed E-state index contributed by atoms with van der Waals surface area (Å²) in [6.45, 7) is 3.56. The smallest absolute Gasteiger partial charge is 0.248 e. The Kier molecular flexibility index (Phi) is 6.95. The Bertz CT molecular complexity index is 1140. The van der Waals surface area contributed by atoms with Crippen LogP contribution in [0.5, 0.6) is 0 Å². The molecular formula is C20H24ClN9O2. The number of hydrogen-bond acceptors (Lipinski definition) is 7. The topological polar surface area (TPSA) is 147 Å². The van der Waals surface area contributed by atoms with E-state index in [0.717, 1.165) is 31.5 Å². The Hall–Kier alpha value is -3.65. The van der Waals surface area contributed by atoms with Gasteiger partial charge in [0, 0.05) is 20.5 Å².